The molecule has 0 atom stereocenters. The zero-order chi connectivity index (χ0) is 20.5. The summed E-state index contributed by atoms with van der Waals surface area (Å²) in [4.78, 5) is 30.2. The van der Waals surface area contributed by atoms with Crippen molar-refractivity contribution >= 4 is 28.1 Å². The van der Waals surface area contributed by atoms with E-state index in [1.54, 1.807) is 6.07 Å². The van der Waals surface area contributed by atoms with E-state index in [0.29, 0.717) is 17.6 Å². The molecule has 0 saturated carbocycles. The van der Waals surface area contributed by atoms with Gasteiger partial charge in [0.15, 0.2) is 11.2 Å². The van der Waals surface area contributed by atoms with Crippen molar-refractivity contribution in [2.75, 3.05) is 31.2 Å². The van der Waals surface area contributed by atoms with Crippen LogP contribution in [-0.2, 0) is 11.3 Å². The average Bonchev–Trinajstić information content (AvgIpc) is 3.25. The van der Waals surface area contributed by atoms with Gasteiger partial charge in [-0.25, -0.2) is 4.52 Å². The first kappa shape index (κ1) is 18.3. The molecule has 0 aliphatic carbocycles. The highest BCUT2D eigenvalue weighted by Crippen LogP contribution is 2.17. The lowest BCUT2D eigenvalue weighted by atomic mass is 10.2. The molecule has 0 bridgehead atoms. The van der Waals surface area contributed by atoms with Gasteiger partial charge < -0.3 is 19.9 Å². The van der Waals surface area contributed by atoms with Crippen molar-refractivity contribution in [3.05, 3.63) is 70.1 Å². The number of morpholine rings is 1. The quantitative estimate of drug-likeness (QED) is 0.532. The molecule has 9 nitrogen and oxygen atoms in total. The number of carbonyl (C=O) groups excluding carboxylic acids is 1. The molecule has 1 aliphatic rings. The summed E-state index contributed by atoms with van der Waals surface area (Å²) in [5, 5.41) is 10.8. The molecule has 1 saturated heterocycles. The number of H-pyrrole nitrogens is 1. The summed E-state index contributed by atoms with van der Waals surface area (Å²) in [5.41, 5.74) is 3.14. The number of amides is 1. The zero-order valence-electron chi connectivity index (χ0n) is 16.2. The van der Waals surface area contributed by atoms with E-state index in [2.05, 4.69) is 25.5 Å². The van der Waals surface area contributed by atoms with Crippen LogP contribution in [0, 0.1) is 0 Å². The maximum Gasteiger partial charge on any atom is 0.277 e. The minimum absolute atomic E-state index is 0.00643. The van der Waals surface area contributed by atoms with Gasteiger partial charge in [0.05, 0.1) is 24.2 Å². The summed E-state index contributed by atoms with van der Waals surface area (Å²) < 4.78 is 6.78. The fourth-order valence-corrected chi connectivity index (χ4v) is 3.66. The Morgan fingerprint density at radius 2 is 1.87 bits per heavy atom. The number of hydrogen-bond acceptors (Lipinski definition) is 6. The fraction of sp³-hybridized carbons (Fsp3) is 0.238. The number of nitrogens with zero attached hydrogens (tertiary/aromatic N) is 4. The van der Waals surface area contributed by atoms with Crippen molar-refractivity contribution in [3.8, 4) is 0 Å². The molecule has 0 unspecified atom stereocenters. The van der Waals surface area contributed by atoms with Gasteiger partial charge >= 0.3 is 0 Å². The summed E-state index contributed by atoms with van der Waals surface area (Å²) in [6.45, 7) is 3.55. The van der Waals surface area contributed by atoms with Gasteiger partial charge in [0.1, 0.15) is 0 Å². The highest BCUT2D eigenvalue weighted by Gasteiger charge is 2.19. The molecule has 1 amide bonds. The number of hydrogen-bond donors (Lipinski definition) is 2. The van der Waals surface area contributed by atoms with E-state index < -0.39 is 11.5 Å². The van der Waals surface area contributed by atoms with E-state index in [1.165, 1.54) is 4.52 Å². The zero-order valence-corrected chi connectivity index (χ0v) is 16.2. The predicted octanol–water partition coefficient (Wildman–Crippen LogP) is 1.34. The topological polar surface area (TPSA) is 105 Å². The molecule has 2 N–H and O–H groups in total. The molecule has 1 aliphatic heterocycles. The Morgan fingerprint density at radius 1 is 1.10 bits per heavy atom. The van der Waals surface area contributed by atoms with Crippen LogP contribution in [0.4, 0.5) is 5.69 Å². The highest BCUT2D eigenvalue weighted by atomic mass is 16.5. The van der Waals surface area contributed by atoms with Gasteiger partial charge in [-0.3, -0.25) is 9.59 Å². The van der Waals surface area contributed by atoms with E-state index in [0.717, 1.165) is 37.6 Å². The van der Waals surface area contributed by atoms with E-state index in [1.807, 2.05) is 42.5 Å². The molecule has 5 rings (SSSR count). The first-order valence-electron chi connectivity index (χ1n) is 9.77. The molecule has 2 aromatic carbocycles. The molecular formula is C21H20N6O3. The maximum atomic E-state index is 12.7. The number of benzene rings is 2. The number of aromatic amines is 1. The average molecular weight is 404 g/mol. The van der Waals surface area contributed by atoms with Crippen LogP contribution < -0.4 is 15.8 Å². The van der Waals surface area contributed by atoms with E-state index in [-0.39, 0.29) is 11.2 Å². The van der Waals surface area contributed by atoms with Crippen molar-refractivity contribution < 1.29 is 9.53 Å². The van der Waals surface area contributed by atoms with Crippen LogP contribution in [0.1, 0.15) is 16.1 Å². The largest absolute Gasteiger partial charge is 0.378 e. The predicted molar refractivity (Wildman–Crippen MR) is 112 cm³/mol. The van der Waals surface area contributed by atoms with Gasteiger partial charge in [-0.1, -0.05) is 29.5 Å². The second-order valence-electron chi connectivity index (χ2n) is 7.12. The maximum absolute atomic E-state index is 12.7. The van der Waals surface area contributed by atoms with Gasteiger partial charge in [0, 0.05) is 25.3 Å². The summed E-state index contributed by atoms with van der Waals surface area (Å²) in [7, 11) is 0. The molecule has 4 aromatic rings. The summed E-state index contributed by atoms with van der Waals surface area (Å²) in [6.07, 6.45) is 0. The van der Waals surface area contributed by atoms with Gasteiger partial charge in [-0.05, 0) is 29.8 Å². The highest BCUT2D eigenvalue weighted by molar-refractivity contribution is 5.99. The van der Waals surface area contributed by atoms with Crippen molar-refractivity contribution in [1.82, 2.24) is 25.1 Å². The number of aromatic nitrogens is 4. The molecule has 0 radical (unpaired) electrons. The molecule has 3 heterocycles. The van der Waals surface area contributed by atoms with Crippen LogP contribution in [0.15, 0.2) is 53.3 Å². The van der Waals surface area contributed by atoms with E-state index in [4.69, 9.17) is 4.74 Å². The van der Waals surface area contributed by atoms with Crippen molar-refractivity contribution in [2.45, 2.75) is 6.54 Å². The number of anilines is 1. The second-order valence-corrected chi connectivity index (χ2v) is 7.12. The molecular weight excluding hydrogens is 384 g/mol. The van der Waals surface area contributed by atoms with Crippen LogP contribution in [0.3, 0.4) is 0 Å². The third-order valence-electron chi connectivity index (χ3n) is 5.25. The van der Waals surface area contributed by atoms with Crippen molar-refractivity contribution in [1.29, 1.82) is 0 Å². The Bertz CT molecular complexity index is 1270. The lowest BCUT2D eigenvalue weighted by Gasteiger charge is -2.28. The standard InChI is InChI=1S/C21H20N6O3/c28-20(22-13-14-5-7-15(8-6-14)26-9-11-30-12-10-26)18-19-21(29)23-16-3-1-2-4-17(16)27(19)25-24-18/h1-8H,9-13H2,(H,22,28)(H,23,29). The minimum Gasteiger partial charge on any atom is -0.378 e. The van der Waals surface area contributed by atoms with Crippen molar-refractivity contribution in [2.24, 2.45) is 0 Å². The normalized spacial score (nSPS) is 14.3. The Labute approximate surface area is 171 Å². The lowest BCUT2D eigenvalue weighted by Crippen LogP contribution is -2.36. The minimum atomic E-state index is -0.442. The Kier molecular flexibility index (Phi) is 4.64. The second kappa shape index (κ2) is 7.60. The Morgan fingerprint density at radius 3 is 2.67 bits per heavy atom. The molecule has 9 heteroatoms. The van der Waals surface area contributed by atoms with Crippen molar-refractivity contribution in [3.63, 3.8) is 0 Å². The molecule has 152 valence electrons. The van der Waals surface area contributed by atoms with Crippen LogP contribution in [0.25, 0.3) is 16.6 Å². The first-order valence-corrected chi connectivity index (χ1v) is 9.77. The number of para-hydroxylation sites is 2. The van der Waals surface area contributed by atoms with Gasteiger partial charge in [0.2, 0.25) is 0 Å². The summed E-state index contributed by atoms with van der Waals surface area (Å²) >= 11 is 0. The lowest BCUT2D eigenvalue weighted by molar-refractivity contribution is 0.0947. The Hall–Kier alpha value is -3.72. The van der Waals surface area contributed by atoms with Gasteiger partial charge in [0.25, 0.3) is 11.5 Å². The fourth-order valence-electron chi connectivity index (χ4n) is 3.66. The van der Waals surface area contributed by atoms with Crippen LogP contribution in [-0.4, -0.2) is 52.0 Å². The van der Waals surface area contributed by atoms with E-state index >= 15 is 0 Å². The van der Waals surface area contributed by atoms with Crippen LogP contribution in [0.5, 0.6) is 0 Å². The number of nitrogens with one attached hydrogen (secondary N) is 2. The van der Waals surface area contributed by atoms with Crippen LogP contribution >= 0.6 is 0 Å². The van der Waals surface area contributed by atoms with Crippen LogP contribution in [0.2, 0.25) is 0 Å². The van der Waals surface area contributed by atoms with E-state index in [9.17, 15) is 9.59 Å². The number of carbonyl (C=O) groups is 1. The molecule has 1 fully saturated rings. The monoisotopic (exact) mass is 404 g/mol. The SMILES string of the molecule is O=C(NCc1ccc(N2CCOCC2)cc1)c1nnn2c1c(=O)[nH]c1ccccc12. The van der Waals surface area contributed by atoms with Gasteiger partial charge in [-0.15, -0.1) is 5.10 Å². The Balaban J connectivity index is 1.34. The third-order valence-corrected chi connectivity index (χ3v) is 5.25. The summed E-state index contributed by atoms with van der Waals surface area (Å²) in [6, 6.07) is 15.3. The number of ether oxygens (including phenoxy) is 1. The third kappa shape index (κ3) is 3.29. The number of rotatable bonds is 4. The van der Waals surface area contributed by atoms with Gasteiger partial charge in [-0.2, -0.15) is 0 Å². The molecule has 2 aromatic heterocycles. The summed E-state index contributed by atoms with van der Waals surface area (Å²) in [5.74, 6) is -0.442. The molecule has 0 spiro atoms. The smallest absolute Gasteiger partial charge is 0.277 e. The number of fused-ring (bicyclic) bond motifs is 3. The molecule has 30 heavy (non-hydrogen) atoms. The first-order chi connectivity index (χ1) is 14.7.